The normalized spacial score (nSPS) is 24.6. The van der Waals surface area contributed by atoms with Crippen molar-refractivity contribution < 1.29 is 28.7 Å². The van der Waals surface area contributed by atoms with Gasteiger partial charge in [-0.3, -0.25) is 29.7 Å². The fraction of sp³-hybridized carbons (Fsp3) is 0.286. The SMILES string of the molecule is COc1cc([N+](=O)[O-])c(OC)c2c1CN1C(=O)N3COCN4C(=O)N(C2)C1(c1ccccc1)C34c1ccccc1. The molecule has 4 heterocycles. The van der Waals surface area contributed by atoms with Gasteiger partial charge in [-0.25, -0.2) is 9.59 Å². The first-order valence-corrected chi connectivity index (χ1v) is 12.7. The number of benzene rings is 3. The number of rotatable bonds is 5. The van der Waals surface area contributed by atoms with Crippen molar-refractivity contribution in [3.63, 3.8) is 0 Å². The lowest BCUT2D eigenvalue weighted by Gasteiger charge is -2.51. The van der Waals surface area contributed by atoms with Crippen LogP contribution in [0.4, 0.5) is 15.3 Å². The summed E-state index contributed by atoms with van der Waals surface area (Å²) in [7, 11) is 2.78. The van der Waals surface area contributed by atoms with Gasteiger partial charge in [0.2, 0.25) is 5.75 Å². The van der Waals surface area contributed by atoms with Crippen LogP contribution in [0.15, 0.2) is 66.7 Å². The minimum Gasteiger partial charge on any atom is -0.496 e. The van der Waals surface area contributed by atoms with Gasteiger partial charge >= 0.3 is 17.7 Å². The highest BCUT2D eigenvalue weighted by Crippen LogP contribution is 2.65. The number of carbonyl (C=O) groups excluding carboxylic acids is 2. The number of amides is 4. The van der Waals surface area contributed by atoms with E-state index >= 15 is 0 Å². The Morgan fingerprint density at radius 1 is 0.775 bits per heavy atom. The van der Waals surface area contributed by atoms with Crippen molar-refractivity contribution in [2.75, 3.05) is 27.7 Å². The van der Waals surface area contributed by atoms with Gasteiger partial charge in [-0.05, 0) is 0 Å². The molecule has 3 saturated heterocycles. The van der Waals surface area contributed by atoms with Crippen LogP contribution in [0, 0.1) is 10.1 Å². The highest BCUT2D eigenvalue weighted by atomic mass is 16.6. The third-order valence-corrected chi connectivity index (χ3v) is 8.46. The van der Waals surface area contributed by atoms with Gasteiger partial charge in [-0.2, -0.15) is 0 Å². The number of nitro benzene ring substituents is 1. The summed E-state index contributed by atoms with van der Waals surface area (Å²) < 4.78 is 17.1. The molecule has 4 amide bonds. The molecule has 0 radical (unpaired) electrons. The van der Waals surface area contributed by atoms with Crippen LogP contribution in [0.1, 0.15) is 22.3 Å². The second-order valence-electron chi connectivity index (χ2n) is 9.98. The Hall–Kier alpha value is -4.84. The smallest absolute Gasteiger partial charge is 0.326 e. The van der Waals surface area contributed by atoms with Gasteiger partial charge in [0.1, 0.15) is 19.2 Å². The molecule has 7 rings (SSSR count). The van der Waals surface area contributed by atoms with Crippen molar-refractivity contribution in [1.29, 1.82) is 0 Å². The van der Waals surface area contributed by atoms with Gasteiger partial charge in [-0.1, -0.05) is 60.7 Å². The molecule has 0 aliphatic carbocycles. The molecule has 40 heavy (non-hydrogen) atoms. The van der Waals surface area contributed by atoms with Crippen molar-refractivity contribution in [2.45, 2.75) is 24.4 Å². The molecule has 204 valence electrons. The van der Waals surface area contributed by atoms with Crippen molar-refractivity contribution in [2.24, 2.45) is 0 Å². The maximum absolute atomic E-state index is 14.5. The number of urea groups is 2. The minimum absolute atomic E-state index is 0.00327. The Bertz CT molecular complexity index is 1570. The Kier molecular flexibility index (Phi) is 5.04. The van der Waals surface area contributed by atoms with Crippen LogP contribution >= 0.6 is 0 Å². The Morgan fingerprint density at radius 2 is 1.27 bits per heavy atom. The summed E-state index contributed by atoms with van der Waals surface area (Å²) in [4.78, 5) is 47.1. The largest absolute Gasteiger partial charge is 0.496 e. The van der Waals surface area contributed by atoms with Crippen LogP contribution in [0.25, 0.3) is 0 Å². The number of fused-ring (bicyclic) bond motifs is 1. The molecular weight excluding hydrogens is 518 g/mol. The summed E-state index contributed by atoms with van der Waals surface area (Å²) in [6.45, 7) is -0.140. The van der Waals surface area contributed by atoms with E-state index in [-0.39, 0.29) is 55.8 Å². The van der Waals surface area contributed by atoms with Gasteiger partial charge in [0.25, 0.3) is 0 Å². The van der Waals surface area contributed by atoms with E-state index < -0.39 is 16.2 Å². The van der Waals surface area contributed by atoms with E-state index in [0.29, 0.717) is 16.7 Å². The molecule has 0 N–H and O–H groups in total. The molecular formula is C28H25N5O7. The average molecular weight is 544 g/mol. The summed E-state index contributed by atoms with van der Waals surface area (Å²) in [5.74, 6) is 0.260. The third-order valence-electron chi connectivity index (χ3n) is 8.46. The summed E-state index contributed by atoms with van der Waals surface area (Å²) in [5, 5.41) is 12.1. The van der Waals surface area contributed by atoms with E-state index in [0.717, 1.165) is 5.56 Å². The van der Waals surface area contributed by atoms with Crippen molar-refractivity contribution in [3.05, 3.63) is 99.1 Å². The predicted molar refractivity (Wildman–Crippen MR) is 139 cm³/mol. The minimum atomic E-state index is -1.36. The van der Waals surface area contributed by atoms with Crippen molar-refractivity contribution >= 4 is 17.7 Å². The van der Waals surface area contributed by atoms with E-state index in [9.17, 15) is 19.7 Å². The van der Waals surface area contributed by atoms with Crippen molar-refractivity contribution in [1.82, 2.24) is 19.6 Å². The zero-order valence-corrected chi connectivity index (χ0v) is 21.8. The number of hydrogen-bond donors (Lipinski definition) is 0. The van der Waals surface area contributed by atoms with Gasteiger partial charge in [0.15, 0.2) is 11.3 Å². The van der Waals surface area contributed by atoms with E-state index in [1.54, 1.807) is 19.6 Å². The quantitative estimate of drug-likeness (QED) is 0.355. The van der Waals surface area contributed by atoms with Crippen LogP contribution < -0.4 is 9.47 Å². The molecule has 0 aromatic heterocycles. The average Bonchev–Trinajstić information content (AvgIpc) is 3.26. The monoisotopic (exact) mass is 543 g/mol. The number of nitro groups is 1. The van der Waals surface area contributed by atoms with Crippen LogP contribution in [0.5, 0.6) is 11.5 Å². The molecule has 3 aromatic carbocycles. The summed E-state index contributed by atoms with van der Waals surface area (Å²) in [6, 6.07) is 19.5. The Morgan fingerprint density at radius 3 is 1.75 bits per heavy atom. The zero-order chi connectivity index (χ0) is 27.8. The van der Waals surface area contributed by atoms with Gasteiger partial charge in [-0.15, -0.1) is 0 Å². The maximum atomic E-state index is 14.5. The molecule has 12 heteroatoms. The van der Waals surface area contributed by atoms with E-state index in [1.807, 2.05) is 60.7 Å². The first-order chi connectivity index (χ1) is 19.4. The van der Waals surface area contributed by atoms with Crippen LogP contribution in [-0.4, -0.2) is 64.3 Å². The molecule has 4 aliphatic rings. The lowest BCUT2D eigenvalue weighted by atomic mass is 9.79. The fourth-order valence-electron chi connectivity index (χ4n) is 7.06. The zero-order valence-electron chi connectivity index (χ0n) is 21.8. The standard InChI is InChI=1S/C28H25N5O7/c1-38-23-13-22(33(36)37)24(39-2)21-15-30-26(35)32-17-40-16-31-25(34)29(14-20(21)23)27(30,18-9-5-3-6-10-18)28(31,32)19-11-7-4-8-12-19/h3-13H,14-17H2,1-2H3. The number of methoxy groups -OCH3 is 2. The molecule has 0 saturated carbocycles. The second-order valence-corrected chi connectivity index (χ2v) is 9.98. The number of nitrogens with zero attached hydrogens (tertiary/aromatic N) is 5. The Labute approximate surface area is 229 Å². The number of hydrogen-bond acceptors (Lipinski definition) is 7. The van der Waals surface area contributed by atoms with Crippen LogP contribution in [-0.2, 0) is 29.2 Å². The lowest BCUT2D eigenvalue weighted by molar-refractivity contribution is -0.385. The fourth-order valence-corrected chi connectivity index (χ4v) is 7.06. The third kappa shape index (κ3) is 2.63. The Balaban J connectivity index is 1.62. The lowest BCUT2D eigenvalue weighted by Crippen LogP contribution is -2.65. The topological polar surface area (TPSA) is 118 Å². The highest BCUT2D eigenvalue weighted by molar-refractivity contribution is 5.90. The summed E-state index contributed by atoms with van der Waals surface area (Å²) >= 11 is 0. The van der Waals surface area contributed by atoms with Gasteiger partial charge < -0.3 is 14.2 Å². The molecule has 2 unspecified atom stereocenters. The molecule has 4 aliphatic heterocycles. The van der Waals surface area contributed by atoms with Crippen LogP contribution in [0.2, 0.25) is 0 Å². The first kappa shape index (κ1) is 24.2. The number of carbonyl (C=O) groups is 2. The molecule has 3 fully saturated rings. The molecule has 12 nitrogen and oxygen atoms in total. The van der Waals surface area contributed by atoms with E-state index in [1.165, 1.54) is 20.3 Å². The summed E-state index contributed by atoms with van der Waals surface area (Å²) in [6.07, 6.45) is 0. The molecule has 3 aromatic rings. The molecule has 0 bridgehead atoms. The molecule has 0 spiro atoms. The van der Waals surface area contributed by atoms with E-state index in [2.05, 4.69) is 0 Å². The van der Waals surface area contributed by atoms with Crippen molar-refractivity contribution in [3.8, 4) is 11.5 Å². The second kappa shape index (κ2) is 8.33. The van der Waals surface area contributed by atoms with Gasteiger partial charge in [0.05, 0.1) is 38.3 Å². The predicted octanol–water partition coefficient (Wildman–Crippen LogP) is 3.75. The summed E-state index contributed by atoms with van der Waals surface area (Å²) in [5.41, 5.74) is -0.542. The number of ether oxygens (including phenoxy) is 3. The molecule has 2 atom stereocenters. The van der Waals surface area contributed by atoms with Crippen LogP contribution in [0.3, 0.4) is 0 Å². The van der Waals surface area contributed by atoms with E-state index in [4.69, 9.17) is 14.2 Å². The first-order valence-electron chi connectivity index (χ1n) is 12.7. The highest BCUT2D eigenvalue weighted by Gasteiger charge is 2.81. The van der Waals surface area contributed by atoms with Gasteiger partial charge in [0, 0.05) is 22.3 Å². The maximum Gasteiger partial charge on any atom is 0.326 e.